The van der Waals surface area contributed by atoms with E-state index < -0.39 is 23.4 Å². The molecule has 0 spiro atoms. The summed E-state index contributed by atoms with van der Waals surface area (Å²) in [6.07, 6.45) is 0. The fourth-order valence-electron chi connectivity index (χ4n) is 2.07. The Balaban J connectivity index is 1.93. The Kier molecular flexibility index (Phi) is 5.79. The molecule has 0 bridgehead atoms. The highest BCUT2D eigenvalue weighted by atomic mass is 79.9. The molecule has 0 saturated heterocycles. The molecule has 122 valence electrons. The van der Waals surface area contributed by atoms with Gasteiger partial charge in [-0.05, 0) is 37.3 Å². The van der Waals surface area contributed by atoms with E-state index in [4.69, 9.17) is 0 Å². The number of rotatable bonds is 5. The normalized spacial score (nSPS) is 12.0. The van der Waals surface area contributed by atoms with Crippen molar-refractivity contribution in [3.63, 3.8) is 0 Å². The monoisotopic (exact) mass is 387 g/mol. The first kappa shape index (κ1) is 17.5. The molecule has 2 aromatic carbocycles. The van der Waals surface area contributed by atoms with Crippen LogP contribution in [0.15, 0.2) is 40.9 Å². The maximum Gasteiger partial charge on any atom is 0.279 e. The minimum absolute atomic E-state index is 0.0204. The summed E-state index contributed by atoms with van der Waals surface area (Å²) in [6, 6.07) is 7.24. The number of anilines is 1. The van der Waals surface area contributed by atoms with E-state index in [1.807, 2.05) is 0 Å². The van der Waals surface area contributed by atoms with E-state index in [-0.39, 0.29) is 18.3 Å². The van der Waals surface area contributed by atoms with Crippen molar-refractivity contribution in [3.05, 3.63) is 63.9 Å². The number of quaternary nitrogens is 1. The molecule has 0 aliphatic carbocycles. The van der Waals surface area contributed by atoms with Gasteiger partial charge >= 0.3 is 0 Å². The summed E-state index contributed by atoms with van der Waals surface area (Å²) in [5.74, 6) is -2.28. The molecule has 0 heterocycles. The summed E-state index contributed by atoms with van der Waals surface area (Å²) in [7, 11) is 0. The van der Waals surface area contributed by atoms with Crippen LogP contribution in [0.3, 0.4) is 0 Å². The standard InChI is InChI=1S/C16H14BrF3N2O/c1-9(12-4-3-11(18)7-13(12)19)21-8-16(23)22-15-5-2-10(17)6-14(15)20/h2-7,9,21H,8H2,1H3,(H,22,23)/p+1/t9-/m0/s1. The van der Waals surface area contributed by atoms with Crippen molar-refractivity contribution in [2.24, 2.45) is 0 Å². The van der Waals surface area contributed by atoms with Crippen molar-refractivity contribution in [3.8, 4) is 0 Å². The third-order valence-corrected chi connectivity index (χ3v) is 3.81. The number of hydrogen-bond donors (Lipinski definition) is 2. The Bertz CT molecular complexity index is 724. The van der Waals surface area contributed by atoms with Gasteiger partial charge in [0.05, 0.1) is 5.69 Å². The molecule has 2 rings (SSSR count). The number of benzene rings is 2. The van der Waals surface area contributed by atoms with Crippen LogP contribution in [0, 0.1) is 17.5 Å². The lowest BCUT2D eigenvalue weighted by atomic mass is 10.1. The largest absolute Gasteiger partial charge is 0.332 e. The van der Waals surface area contributed by atoms with E-state index in [1.54, 1.807) is 18.3 Å². The Labute approximate surface area is 140 Å². The van der Waals surface area contributed by atoms with Gasteiger partial charge in [0.2, 0.25) is 0 Å². The lowest BCUT2D eigenvalue weighted by molar-refractivity contribution is -0.682. The van der Waals surface area contributed by atoms with E-state index in [0.717, 1.165) is 6.07 Å². The predicted octanol–water partition coefficient (Wildman–Crippen LogP) is 3.13. The Hall–Kier alpha value is -1.86. The van der Waals surface area contributed by atoms with Gasteiger partial charge in [-0.3, -0.25) is 4.79 Å². The molecule has 3 N–H and O–H groups in total. The first-order chi connectivity index (χ1) is 10.9. The molecule has 2 aromatic rings. The van der Waals surface area contributed by atoms with Crippen molar-refractivity contribution < 1.29 is 23.3 Å². The van der Waals surface area contributed by atoms with Crippen LogP contribution in [0.25, 0.3) is 0 Å². The maximum absolute atomic E-state index is 13.6. The van der Waals surface area contributed by atoms with Gasteiger partial charge in [0, 0.05) is 16.1 Å². The average molecular weight is 388 g/mol. The van der Waals surface area contributed by atoms with Gasteiger partial charge in [-0.25, -0.2) is 13.2 Å². The lowest BCUT2D eigenvalue weighted by Crippen LogP contribution is -2.86. The van der Waals surface area contributed by atoms with Crippen LogP contribution in [-0.4, -0.2) is 12.5 Å². The highest BCUT2D eigenvalue weighted by Crippen LogP contribution is 2.19. The highest BCUT2D eigenvalue weighted by Gasteiger charge is 2.16. The van der Waals surface area contributed by atoms with Crippen molar-refractivity contribution in [2.75, 3.05) is 11.9 Å². The molecule has 7 heteroatoms. The zero-order valence-corrected chi connectivity index (χ0v) is 13.8. The Morgan fingerprint density at radius 2 is 1.91 bits per heavy atom. The van der Waals surface area contributed by atoms with Crippen LogP contribution in [0.1, 0.15) is 18.5 Å². The second kappa shape index (κ2) is 7.61. The molecule has 3 nitrogen and oxygen atoms in total. The summed E-state index contributed by atoms with van der Waals surface area (Å²) in [5.41, 5.74) is 0.376. The molecule has 0 aliphatic rings. The van der Waals surface area contributed by atoms with E-state index in [2.05, 4.69) is 21.2 Å². The van der Waals surface area contributed by atoms with Gasteiger partial charge in [-0.1, -0.05) is 15.9 Å². The minimum atomic E-state index is -0.659. The predicted molar refractivity (Wildman–Crippen MR) is 84.3 cm³/mol. The van der Waals surface area contributed by atoms with Gasteiger partial charge in [-0.2, -0.15) is 0 Å². The molecular weight excluding hydrogens is 373 g/mol. The van der Waals surface area contributed by atoms with Gasteiger partial charge in [0.15, 0.2) is 6.54 Å². The van der Waals surface area contributed by atoms with Crippen LogP contribution < -0.4 is 10.6 Å². The maximum atomic E-state index is 13.6. The van der Waals surface area contributed by atoms with Crippen LogP contribution in [0.4, 0.5) is 18.9 Å². The fourth-order valence-corrected chi connectivity index (χ4v) is 2.41. The molecule has 0 radical (unpaired) electrons. The molecule has 0 unspecified atom stereocenters. The Morgan fingerprint density at radius 3 is 2.57 bits per heavy atom. The fraction of sp³-hybridized carbons (Fsp3) is 0.188. The Morgan fingerprint density at radius 1 is 1.17 bits per heavy atom. The number of nitrogens with two attached hydrogens (primary N) is 1. The van der Waals surface area contributed by atoms with Gasteiger partial charge < -0.3 is 10.6 Å². The summed E-state index contributed by atoms with van der Waals surface area (Å²) in [6.45, 7) is 1.68. The van der Waals surface area contributed by atoms with E-state index in [1.165, 1.54) is 24.3 Å². The summed E-state index contributed by atoms with van der Waals surface area (Å²) in [4.78, 5) is 11.8. The molecule has 0 aromatic heterocycles. The zero-order valence-electron chi connectivity index (χ0n) is 12.2. The second-order valence-corrected chi connectivity index (χ2v) is 5.98. The molecule has 0 aliphatic heterocycles. The number of carbonyl (C=O) groups excluding carboxylic acids is 1. The number of hydrogen-bond acceptors (Lipinski definition) is 1. The minimum Gasteiger partial charge on any atom is -0.332 e. The van der Waals surface area contributed by atoms with Crippen LogP contribution >= 0.6 is 15.9 Å². The van der Waals surface area contributed by atoms with E-state index in [9.17, 15) is 18.0 Å². The summed E-state index contributed by atoms with van der Waals surface area (Å²) in [5, 5.41) is 4.03. The first-order valence-electron chi connectivity index (χ1n) is 6.90. The number of nitrogens with one attached hydrogen (secondary N) is 1. The van der Waals surface area contributed by atoms with E-state index in [0.29, 0.717) is 10.0 Å². The SMILES string of the molecule is C[C@H]([NH2+]CC(=O)Nc1ccc(Br)cc1F)c1ccc(F)cc1F. The van der Waals surface area contributed by atoms with Gasteiger partial charge in [0.25, 0.3) is 5.91 Å². The van der Waals surface area contributed by atoms with Crippen LogP contribution in [0.2, 0.25) is 0 Å². The molecule has 0 fully saturated rings. The highest BCUT2D eigenvalue weighted by molar-refractivity contribution is 9.10. The second-order valence-electron chi connectivity index (χ2n) is 5.07. The molecular formula is C16H15BrF3N2O+. The quantitative estimate of drug-likeness (QED) is 0.813. The van der Waals surface area contributed by atoms with Crippen molar-refractivity contribution in [1.29, 1.82) is 0 Å². The van der Waals surface area contributed by atoms with Crippen LogP contribution in [0.5, 0.6) is 0 Å². The van der Waals surface area contributed by atoms with Crippen molar-refractivity contribution in [1.82, 2.24) is 0 Å². The summed E-state index contributed by atoms with van der Waals surface area (Å²) < 4.78 is 40.7. The van der Waals surface area contributed by atoms with Gasteiger partial charge in [-0.15, -0.1) is 0 Å². The third-order valence-electron chi connectivity index (χ3n) is 3.32. The van der Waals surface area contributed by atoms with Crippen molar-refractivity contribution >= 4 is 27.5 Å². The van der Waals surface area contributed by atoms with E-state index >= 15 is 0 Å². The van der Waals surface area contributed by atoms with Crippen molar-refractivity contribution in [2.45, 2.75) is 13.0 Å². The average Bonchev–Trinajstić information content (AvgIpc) is 2.48. The molecule has 23 heavy (non-hydrogen) atoms. The topological polar surface area (TPSA) is 45.7 Å². The smallest absolute Gasteiger partial charge is 0.279 e. The summed E-state index contributed by atoms with van der Waals surface area (Å²) >= 11 is 3.13. The number of amides is 1. The van der Waals surface area contributed by atoms with Crippen LogP contribution in [-0.2, 0) is 4.79 Å². The van der Waals surface area contributed by atoms with Gasteiger partial charge in [0.1, 0.15) is 23.5 Å². The molecule has 1 atom stereocenters. The third kappa shape index (κ3) is 4.80. The molecule has 1 amide bonds. The number of halogens is 4. The first-order valence-corrected chi connectivity index (χ1v) is 7.69. The lowest BCUT2D eigenvalue weighted by Gasteiger charge is -2.12. The molecule has 0 saturated carbocycles. The number of carbonyl (C=O) groups is 1. The zero-order chi connectivity index (χ0) is 17.0.